The van der Waals surface area contributed by atoms with E-state index >= 15 is 0 Å². The van der Waals surface area contributed by atoms with Gasteiger partial charge in [0.2, 0.25) is 0 Å². The molecule has 0 saturated carbocycles. The van der Waals surface area contributed by atoms with E-state index in [9.17, 15) is 0 Å². The Hall–Kier alpha value is -0.950. The lowest BCUT2D eigenvalue weighted by molar-refractivity contribution is 0.443. The van der Waals surface area contributed by atoms with Crippen LogP contribution in [0.5, 0.6) is 0 Å². The van der Waals surface area contributed by atoms with E-state index in [0.29, 0.717) is 0 Å². The third kappa shape index (κ3) is 4.00. The summed E-state index contributed by atoms with van der Waals surface area (Å²) >= 11 is 0. The summed E-state index contributed by atoms with van der Waals surface area (Å²) in [4.78, 5) is 2.23. The molecule has 1 aliphatic heterocycles. The van der Waals surface area contributed by atoms with Crippen molar-refractivity contribution in [3.05, 3.63) is 49.2 Å². The van der Waals surface area contributed by atoms with E-state index in [1.807, 2.05) is 12.2 Å². The van der Waals surface area contributed by atoms with Crippen molar-refractivity contribution in [2.45, 2.75) is 6.42 Å². The average molecular weight is 198 g/mol. The van der Waals surface area contributed by atoms with Crippen LogP contribution in [0, 0.1) is 0 Å². The molecular weight excluding hydrogens is 182 g/mol. The van der Waals surface area contributed by atoms with Gasteiger partial charge in [-0.25, -0.2) is 0 Å². The normalized spacial score (nSPS) is 14.5. The Kier molecular flexibility index (Phi) is 6.07. The zero-order chi connectivity index (χ0) is 8.81. The van der Waals surface area contributed by atoms with Crippen molar-refractivity contribution in [1.29, 1.82) is 0 Å². The number of nitrogens with zero attached hydrogens (tertiary/aromatic N) is 1. The molecule has 1 heterocycles. The second kappa shape index (κ2) is 6.55. The molecule has 1 nitrogen and oxygen atoms in total. The molecule has 0 radical (unpaired) electrons. The summed E-state index contributed by atoms with van der Waals surface area (Å²) in [5, 5.41) is 0. The maximum absolute atomic E-state index is 3.72. The third-order valence-electron chi connectivity index (χ3n) is 1.81. The van der Waals surface area contributed by atoms with Crippen molar-refractivity contribution in [3.63, 3.8) is 0 Å². The summed E-state index contributed by atoms with van der Waals surface area (Å²) in [5.74, 6) is 0. The van der Waals surface area contributed by atoms with Crippen LogP contribution in [0.3, 0.4) is 0 Å². The zero-order valence-corrected chi connectivity index (χ0v) is 8.59. The second-order valence-electron chi connectivity index (χ2n) is 2.88. The minimum Gasteiger partial charge on any atom is -0.370 e. The van der Waals surface area contributed by atoms with Crippen LogP contribution in [0.15, 0.2) is 49.2 Å². The average Bonchev–Trinajstić information content (AvgIpc) is 2.06. The summed E-state index contributed by atoms with van der Waals surface area (Å²) in [6, 6.07) is 0. The number of hydrogen-bond acceptors (Lipinski definition) is 1. The fourth-order valence-corrected chi connectivity index (χ4v) is 1.28. The van der Waals surface area contributed by atoms with Gasteiger partial charge in [0.25, 0.3) is 0 Å². The van der Waals surface area contributed by atoms with E-state index in [-0.39, 0.29) is 12.4 Å². The summed E-state index contributed by atoms with van der Waals surface area (Å²) in [5.41, 5.74) is 1.41. The molecule has 1 rings (SSSR count). The Bertz CT molecular complexity index is 228. The SMILES string of the molecule is C=CCC1=CC=CN(CC=C)C1.Cl. The topological polar surface area (TPSA) is 3.24 Å². The molecule has 0 N–H and O–H groups in total. The van der Waals surface area contributed by atoms with Crippen LogP contribution in [0.2, 0.25) is 0 Å². The maximum Gasteiger partial charge on any atom is 0.0393 e. The molecule has 0 amide bonds. The largest absolute Gasteiger partial charge is 0.370 e. The van der Waals surface area contributed by atoms with Gasteiger partial charge >= 0.3 is 0 Å². The van der Waals surface area contributed by atoms with Gasteiger partial charge in [-0.3, -0.25) is 0 Å². The molecule has 1 aliphatic rings. The van der Waals surface area contributed by atoms with Crippen LogP contribution in [0.1, 0.15) is 6.42 Å². The molecule has 13 heavy (non-hydrogen) atoms. The summed E-state index contributed by atoms with van der Waals surface area (Å²) in [6.45, 7) is 9.36. The molecule has 0 bridgehead atoms. The van der Waals surface area contributed by atoms with Crippen molar-refractivity contribution in [1.82, 2.24) is 4.90 Å². The van der Waals surface area contributed by atoms with Crippen LogP contribution in [-0.4, -0.2) is 18.0 Å². The molecule has 0 saturated heterocycles. The molecule has 0 fully saturated rings. The molecular formula is C11H16ClN. The van der Waals surface area contributed by atoms with Crippen molar-refractivity contribution >= 4 is 12.4 Å². The Morgan fingerprint density at radius 2 is 2.15 bits per heavy atom. The number of halogens is 1. The highest BCUT2D eigenvalue weighted by Gasteiger charge is 2.03. The third-order valence-corrected chi connectivity index (χ3v) is 1.81. The van der Waals surface area contributed by atoms with E-state index in [4.69, 9.17) is 0 Å². The Morgan fingerprint density at radius 3 is 2.77 bits per heavy atom. The summed E-state index contributed by atoms with van der Waals surface area (Å²) in [7, 11) is 0. The van der Waals surface area contributed by atoms with Crippen LogP contribution < -0.4 is 0 Å². The van der Waals surface area contributed by atoms with Gasteiger partial charge in [-0.2, -0.15) is 0 Å². The highest BCUT2D eigenvalue weighted by molar-refractivity contribution is 5.85. The predicted octanol–water partition coefficient (Wildman–Crippen LogP) is 2.93. The number of allylic oxidation sites excluding steroid dienone is 3. The van der Waals surface area contributed by atoms with Gasteiger partial charge in [0, 0.05) is 13.1 Å². The lowest BCUT2D eigenvalue weighted by Gasteiger charge is -2.22. The Balaban J connectivity index is 0.00000144. The Labute approximate surface area is 86.5 Å². The lowest BCUT2D eigenvalue weighted by atomic mass is 10.1. The summed E-state index contributed by atoms with van der Waals surface area (Å²) in [6.07, 6.45) is 11.2. The minimum absolute atomic E-state index is 0. The molecule has 0 atom stereocenters. The number of hydrogen-bond donors (Lipinski definition) is 0. The second-order valence-corrected chi connectivity index (χ2v) is 2.88. The number of rotatable bonds is 4. The highest BCUT2D eigenvalue weighted by atomic mass is 35.5. The quantitative estimate of drug-likeness (QED) is 0.627. The standard InChI is InChI=1S/C11H15N.ClH/c1-3-6-11-7-5-9-12(10-11)8-4-2;/h3-5,7,9H,1-2,6,8,10H2;1H. The fourth-order valence-electron chi connectivity index (χ4n) is 1.28. The molecule has 0 aromatic rings. The molecule has 2 heteroatoms. The van der Waals surface area contributed by atoms with Crippen LogP contribution in [0.25, 0.3) is 0 Å². The van der Waals surface area contributed by atoms with Crippen LogP contribution in [-0.2, 0) is 0 Å². The summed E-state index contributed by atoms with van der Waals surface area (Å²) < 4.78 is 0. The predicted molar refractivity (Wildman–Crippen MR) is 61.1 cm³/mol. The van der Waals surface area contributed by atoms with E-state index in [1.54, 1.807) is 0 Å². The minimum atomic E-state index is 0. The van der Waals surface area contributed by atoms with Gasteiger partial charge in [-0.1, -0.05) is 18.2 Å². The first-order valence-corrected chi connectivity index (χ1v) is 4.19. The maximum atomic E-state index is 3.72. The highest BCUT2D eigenvalue weighted by Crippen LogP contribution is 2.10. The van der Waals surface area contributed by atoms with Crippen LogP contribution in [0.4, 0.5) is 0 Å². The smallest absolute Gasteiger partial charge is 0.0393 e. The monoisotopic (exact) mass is 197 g/mol. The van der Waals surface area contributed by atoms with E-state index in [0.717, 1.165) is 19.5 Å². The first kappa shape index (κ1) is 12.0. The molecule has 0 aromatic heterocycles. The fraction of sp³-hybridized carbons (Fsp3) is 0.273. The van der Waals surface area contributed by atoms with Gasteiger partial charge in [0.1, 0.15) is 0 Å². The molecule has 72 valence electrons. The first-order valence-electron chi connectivity index (χ1n) is 4.19. The van der Waals surface area contributed by atoms with Crippen molar-refractivity contribution in [2.75, 3.05) is 13.1 Å². The molecule has 0 unspecified atom stereocenters. The lowest BCUT2D eigenvalue weighted by Crippen LogP contribution is -2.21. The van der Waals surface area contributed by atoms with Gasteiger partial charge in [0.05, 0.1) is 0 Å². The van der Waals surface area contributed by atoms with Crippen LogP contribution >= 0.6 is 12.4 Å². The van der Waals surface area contributed by atoms with E-state index in [2.05, 4.69) is 36.4 Å². The van der Waals surface area contributed by atoms with E-state index in [1.165, 1.54) is 5.57 Å². The molecule has 0 spiro atoms. The van der Waals surface area contributed by atoms with Gasteiger partial charge in [-0.05, 0) is 24.3 Å². The van der Waals surface area contributed by atoms with Gasteiger partial charge < -0.3 is 4.90 Å². The molecule has 0 aromatic carbocycles. The first-order chi connectivity index (χ1) is 5.86. The van der Waals surface area contributed by atoms with E-state index < -0.39 is 0 Å². The van der Waals surface area contributed by atoms with Crippen molar-refractivity contribution in [3.8, 4) is 0 Å². The van der Waals surface area contributed by atoms with Gasteiger partial charge in [-0.15, -0.1) is 25.6 Å². The van der Waals surface area contributed by atoms with Crippen molar-refractivity contribution in [2.24, 2.45) is 0 Å². The molecule has 0 aliphatic carbocycles. The zero-order valence-electron chi connectivity index (χ0n) is 7.78. The van der Waals surface area contributed by atoms with Crippen molar-refractivity contribution < 1.29 is 0 Å². The van der Waals surface area contributed by atoms with Gasteiger partial charge in [0.15, 0.2) is 0 Å². The Morgan fingerprint density at radius 1 is 1.38 bits per heavy atom.